The Morgan fingerprint density at radius 2 is 2.35 bits per heavy atom. The van der Waals surface area contributed by atoms with Gasteiger partial charge in [0.1, 0.15) is 5.75 Å². The van der Waals surface area contributed by atoms with E-state index in [0.29, 0.717) is 12.3 Å². The molecule has 102 valence electrons. The second-order valence-corrected chi connectivity index (χ2v) is 5.36. The average Bonchev–Trinajstić information content (AvgIpc) is 3.07. The molecule has 0 atom stereocenters. The topological polar surface area (TPSA) is 56.2 Å². The summed E-state index contributed by atoms with van der Waals surface area (Å²) in [5.41, 5.74) is 1.80. The normalized spacial score (nSPS) is 10.7. The van der Waals surface area contributed by atoms with E-state index in [-0.39, 0.29) is 0 Å². The maximum atomic E-state index is 11.7. The zero-order chi connectivity index (χ0) is 13.9. The lowest BCUT2D eigenvalue weighted by Gasteiger charge is -2.05. The van der Waals surface area contributed by atoms with Gasteiger partial charge in [-0.3, -0.25) is 0 Å². The molecule has 0 spiro atoms. The zero-order valence-corrected chi connectivity index (χ0v) is 11.7. The minimum atomic E-state index is -0.464. The molecule has 0 bridgehead atoms. The molecule has 1 N–H and O–H groups in total. The standard InChI is InChI=1S/C14H13N3O2S/c1-17-9-16-12-7-10(4-5-13(12)17)19-14(18)15-8-11-3-2-6-20-11/h2-7,9H,8H2,1H3,(H,15,18). The van der Waals surface area contributed by atoms with Crippen LogP contribution < -0.4 is 10.1 Å². The van der Waals surface area contributed by atoms with Crippen molar-refractivity contribution in [1.29, 1.82) is 0 Å². The summed E-state index contributed by atoms with van der Waals surface area (Å²) in [5.74, 6) is 0.486. The molecule has 0 aliphatic carbocycles. The number of aromatic nitrogens is 2. The van der Waals surface area contributed by atoms with Gasteiger partial charge in [0.25, 0.3) is 0 Å². The maximum Gasteiger partial charge on any atom is 0.412 e. The molecular formula is C14H13N3O2S. The molecular weight excluding hydrogens is 274 g/mol. The van der Waals surface area contributed by atoms with Gasteiger partial charge in [0.2, 0.25) is 0 Å². The van der Waals surface area contributed by atoms with Crippen LogP contribution in [0.15, 0.2) is 42.0 Å². The second kappa shape index (κ2) is 5.34. The Kier molecular flexibility index (Phi) is 3.39. The van der Waals surface area contributed by atoms with Gasteiger partial charge in [-0.15, -0.1) is 11.3 Å². The number of benzene rings is 1. The van der Waals surface area contributed by atoms with Crippen LogP contribution in [0.1, 0.15) is 4.88 Å². The maximum absolute atomic E-state index is 11.7. The van der Waals surface area contributed by atoms with E-state index >= 15 is 0 Å². The Hall–Kier alpha value is -2.34. The number of hydrogen-bond donors (Lipinski definition) is 1. The lowest BCUT2D eigenvalue weighted by Crippen LogP contribution is -2.25. The van der Waals surface area contributed by atoms with Crippen molar-refractivity contribution in [2.45, 2.75) is 6.54 Å². The van der Waals surface area contributed by atoms with E-state index in [4.69, 9.17) is 4.74 Å². The van der Waals surface area contributed by atoms with Crippen molar-refractivity contribution in [1.82, 2.24) is 14.9 Å². The Bertz CT molecular complexity index is 734. The number of nitrogens with zero attached hydrogens (tertiary/aromatic N) is 2. The third-order valence-electron chi connectivity index (χ3n) is 2.89. The Morgan fingerprint density at radius 3 is 3.15 bits per heavy atom. The molecule has 0 aliphatic heterocycles. The van der Waals surface area contributed by atoms with Gasteiger partial charge in [0, 0.05) is 18.0 Å². The summed E-state index contributed by atoms with van der Waals surface area (Å²) in [5, 5.41) is 4.68. The van der Waals surface area contributed by atoms with E-state index in [1.165, 1.54) is 0 Å². The lowest BCUT2D eigenvalue weighted by atomic mass is 10.3. The minimum Gasteiger partial charge on any atom is -0.410 e. The number of thiophene rings is 1. The van der Waals surface area contributed by atoms with Crippen LogP contribution in [0.25, 0.3) is 11.0 Å². The first kappa shape index (κ1) is 12.7. The minimum absolute atomic E-state index is 0.464. The van der Waals surface area contributed by atoms with E-state index in [1.807, 2.05) is 35.2 Å². The number of aryl methyl sites for hydroxylation is 1. The summed E-state index contributed by atoms with van der Waals surface area (Å²) in [6.45, 7) is 0.475. The predicted molar refractivity (Wildman–Crippen MR) is 77.9 cm³/mol. The van der Waals surface area contributed by atoms with E-state index < -0.39 is 6.09 Å². The van der Waals surface area contributed by atoms with Crippen molar-refractivity contribution in [2.24, 2.45) is 7.05 Å². The van der Waals surface area contributed by atoms with Crippen LogP contribution in [0.5, 0.6) is 5.75 Å². The lowest BCUT2D eigenvalue weighted by molar-refractivity contribution is 0.200. The largest absolute Gasteiger partial charge is 0.412 e. The number of amides is 1. The van der Waals surface area contributed by atoms with E-state index in [1.54, 1.807) is 29.8 Å². The van der Waals surface area contributed by atoms with Crippen LogP contribution in [0.4, 0.5) is 4.79 Å². The van der Waals surface area contributed by atoms with Gasteiger partial charge < -0.3 is 14.6 Å². The summed E-state index contributed by atoms with van der Waals surface area (Å²) in [4.78, 5) is 17.0. The van der Waals surface area contributed by atoms with Crippen molar-refractivity contribution in [3.05, 3.63) is 46.9 Å². The van der Waals surface area contributed by atoms with Crippen molar-refractivity contribution < 1.29 is 9.53 Å². The van der Waals surface area contributed by atoms with Gasteiger partial charge in [-0.05, 0) is 23.6 Å². The predicted octanol–water partition coefficient (Wildman–Crippen LogP) is 2.92. The van der Waals surface area contributed by atoms with E-state index in [0.717, 1.165) is 15.9 Å². The summed E-state index contributed by atoms with van der Waals surface area (Å²) in [7, 11) is 1.92. The van der Waals surface area contributed by atoms with Crippen LogP contribution in [0, 0.1) is 0 Å². The van der Waals surface area contributed by atoms with Gasteiger partial charge in [-0.25, -0.2) is 9.78 Å². The quantitative estimate of drug-likeness (QED) is 0.806. The summed E-state index contributed by atoms with van der Waals surface area (Å²) in [6, 6.07) is 9.30. The first-order valence-electron chi connectivity index (χ1n) is 6.11. The Morgan fingerprint density at radius 1 is 1.45 bits per heavy atom. The molecule has 0 unspecified atom stereocenters. The summed E-state index contributed by atoms with van der Waals surface area (Å²) >= 11 is 1.59. The Labute approximate surface area is 119 Å². The molecule has 0 aliphatic rings. The molecule has 3 aromatic rings. The zero-order valence-electron chi connectivity index (χ0n) is 10.9. The number of fused-ring (bicyclic) bond motifs is 1. The van der Waals surface area contributed by atoms with Crippen LogP contribution in [-0.4, -0.2) is 15.6 Å². The number of carbonyl (C=O) groups excluding carboxylic acids is 1. The molecule has 2 aromatic heterocycles. The monoisotopic (exact) mass is 287 g/mol. The van der Waals surface area contributed by atoms with Gasteiger partial charge >= 0.3 is 6.09 Å². The summed E-state index contributed by atoms with van der Waals surface area (Å²) in [6.07, 6.45) is 1.26. The number of rotatable bonds is 3. The molecule has 0 saturated carbocycles. The van der Waals surface area contributed by atoms with Crippen LogP contribution in [0.2, 0.25) is 0 Å². The van der Waals surface area contributed by atoms with Crippen molar-refractivity contribution in [2.75, 3.05) is 0 Å². The molecule has 20 heavy (non-hydrogen) atoms. The number of nitrogens with one attached hydrogen (secondary N) is 1. The number of carbonyl (C=O) groups is 1. The fourth-order valence-corrected chi connectivity index (χ4v) is 2.54. The van der Waals surface area contributed by atoms with Crippen molar-refractivity contribution in [3.8, 4) is 5.75 Å². The Balaban J connectivity index is 1.64. The van der Waals surface area contributed by atoms with E-state index in [9.17, 15) is 4.79 Å². The fraction of sp³-hybridized carbons (Fsp3) is 0.143. The molecule has 1 aromatic carbocycles. The molecule has 0 saturated heterocycles. The smallest absolute Gasteiger partial charge is 0.410 e. The molecule has 5 nitrogen and oxygen atoms in total. The molecule has 3 rings (SSSR count). The SMILES string of the molecule is Cn1cnc2cc(OC(=O)NCc3cccs3)ccc21. The number of ether oxygens (including phenoxy) is 1. The molecule has 0 radical (unpaired) electrons. The van der Waals surface area contributed by atoms with Gasteiger partial charge in [0.15, 0.2) is 0 Å². The highest BCUT2D eigenvalue weighted by Gasteiger charge is 2.07. The second-order valence-electron chi connectivity index (χ2n) is 4.33. The molecule has 1 amide bonds. The van der Waals surface area contributed by atoms with Gasteiger partial charge in [-0.1, -0.05) is 6.07 Å². The van der Waals surface area contributed by atoms with Crippen molar-refractivity contribution >= 4 is 28.5 Å². The van der Waals surface area contributed by atoms with Gasteiger partial charge in [-0.2, -0.15) is 0 Å². The fourth-order valence-electron chi connectivity index (χ4n) is 1.89. The van der Waals surface area contributed by atoms with Crippen LogP contribution >= 0.6 is 11.3 Å². The summed E-state index contributed by atoms with van der Waals surface area (Å²) < 4.78 is 7.15. The number of imidazole rings is 1. The van der Waals surface area contributed by atoms with Crippen LogP contribution in [0.3, 0.4) is 0 Å². The third kappa shape index (κ3) is 2.65. The highest BCUT2D eigenvalue weighted by Crippen LogP contribution is 2.19. The van der Waals surface area contributed by atoms with Crippen LogP contribution in [-0.2, 0) is 13.6 Å². The highest BCUT2D eigenvalue weighted by atomic mass is 32.1. The van der Waals surface area contributed by atoms with Gasteiger partial charge in [0.05, 0.1) is 23.9 Å². The first-order valence-corrected chi connectivity index (χ1v) is 6.99. The molecule has 0 fully saturated rings. The molecule has 2 heterocycles. The molecule has 6 heteroatoms. The first-order chi connectivity index (χ1) is 9.72. The van der Waals surface area contributed by atoms with E-state index in [2.05, 4.69) is 10.3 Å². The average molecular weight is 287 g/mol. The number of hydrogen-bond acceptors (Lipinski definition) is 4. The van der Waals surface area contributed by atoms with Crippen molar-refractivity contribution in [3.63, 3.8) is 0 Å². The third-order valence-corrected chi connectivity index (χ3v) is 3.77. The highest BCUT2D eigenvalue weighted by molar-refractivity contribution is 7.09.